The van der Waals surface area contributed by atoms with E-state index in [1.54, 1.807) is 6.92 Å². The Morgan fingerprint density at radius 2 is 1.28 bits per heavy atom. The van der Waals surface area contributed by atoms with Crippen LogP contribution in [0.4, 0.5) is 0 Å². The molecule has 0 aliphatic carbocycles. The van der Waals surface area contributed by atoms with Crippen molar-refractivity contribution in [3.63, 3.8) is 0 Å². The third-order valence-electron chi connectivity index (χ3n) is 4.29. The fourth-order valence-electron chi connectivity index (χ4n) is 2.85. The molecule has 7 N–H and O–H groups in total. The van der Waals surface area contributed by atoms with Gasteiger partial charge in [0.25, 0.3) is 0 Å². The Hall–Kier alpha value is -0.440. The zero-order valence-corrected chi connectivity index (χ0v) is 13.7. The summed E-state index contributed by atoms with van der Waals surface area (Å²) in [6.45, 7) is 0.613. The van der Waals surface area contributed by atoms with Gasteiger partial charge in [-0.2, -0.15) is 0 Å². The molecule has 0 radical (unpaired) electrons. The zero-order valence-electron chi connectivity index (χ0n) is 13.7. The molecule has 2 saturated heterocycles. The highest BCUT2D eigenvalue weighted by Gasteiger charge is 2.50. The molecule has 0 unspecified atom stereocenters. The molecule has 10 atom stereocenters. The lowest BCUT2D eigenvalue weighted by Gasteiger charge is -2.45. The van der Waals surface area contributed by atoms with Crippen molar-refractivity contribution in [1.82, 2.24) is 0 Å². The van der Waals surface area contributed by atoms with Crippen LogP contribution in [0.2, 0.25) is 0 Å². The van der Waals surface area contributed by atoms with Crippen molar-refractivity contribution in [2.45, 2.75) is 68.3 Å². The van der Waals surface area contributed by atoms with Gasteiger partial charge in [-0.15, -0.1) is 0 Å². The minimum atomic E-state index is -1.70. The van der Waals surface area contributed by atoms with E-state index in [2.05, 4.69) is 0 Å². The summed E-state index contributed by atoms with van der Waals surface area (Å²) < 4.78 is 21.0. The minimum absolute atomic E-state index is 0.183. The summed E-state index contributed by atoms with van der Waals surface area (Å²) in [5, 5.41) is 68.5. The second-order valence-electron chi connectivity index (χ2n) is 5.96. The molecule has 148 valence electrons. The molecule has 11 heteroatoms. The first kappa shape index (κ1) is 20.9. The van der Waals surface area contributed by atoms with Crippen LogP contribution in [0.3, 0.4) is 0 Å². The maximum atomic E-state index is 10.3. The van der Waals surface area contributed by atoms with E-state index >= 15 is 0 Å². The first-order chi connectivity index (χ1) is 11.8. The van der Waals surface area contributed by atoms with Gasteiger partial charge >= 0.3 is 0 Å². The standard InChI is InChI=1S/C14H26O11/c1-2-22-13-11(21)12(8(18)6(4-16)23-13)25-14-10(20)9(19)7(17)5(3-15)24-14/h5-21H,2-4H2,1H3/t5-,6-,7+,8+,9+,10-,11-,12+,13+,14+/m1/s1. The Morgan fingerprint density at radius 3 is 1.84 bits per heavy atom. The molecule has 25 heavy (non-hydrogen) atoms. The maximum absolute atomic E-state index is 10.3. The molecule has 2 fully saturated rings. The van der Waals surface area contributed by atoms with Crippen molar-refractivity contribution in [3.8, 4) is 0 Å². The summed E-state index contributed by atoms with van der Waals surface area (Å²) in [6.07, 6.45) is -14.3. The summed E-state index contributed by atoms with van der Waals surface area (Å²) in [7, 11) is 0. The van der Waals surface area contributed by atoms with E-state index in [0.29, 0.717) is 0 Å². The summed E-state index contributed by atoms with van der Waals surface area (Å²) in [6, 6.07) is 0. The molecule has 2 aliphatic heterocycles. The third-order valence-corrected chi connectivity index (χ3v) is 4.29. The van der Waals surface area contributed by atoms with Crippen molar-refractivity contribution in [2.24, 2.45) is 0 Å². The average Bonchev–Trinajstić information content (AvgIpc) is 2.60. The molecule has 0 saturated carbocycles. The van der Waals surface area contributed by atoms with Crippen molar-refractivity contribution in [1.29, 1.82) is 0 Å². The lowest BCUT2D eigenvalue weighted by Crippen LogP contribution is -2.64. The van der Waals surface area contributed by atoms with Crippen molar-refractivity contribution in [2.75, 3.05) is 19.8 Å². The molecule has 0 amide bonds. The molecule has 0 aromatic heterocycles. The fraction of sp³-hybridized carbons (Fsp3) is 1.00. The highest BCUT2D eigenvalue weighted by Crippen LogP contribution is 2.29. The van der Waals surface area contributed by atoms with Gasteiger partial charge in [-0.3, -0.25) is 0 Å². The zero-order chi connectivity index (χ0) is 18.7. The van der Waals surface area contributed by atoms with Gasteiger partial charge in [0.15, 0.2) is 12.6 Å². The van der Waals surface area contributed by atoms with Gasteiger partial charge in [0.05, 0.1) is 13.2 Å². The molecule has 2 heterocycles. The van der Waals surface area contributed by atoms with Crippen LogP contribution in [0.25, 0.3) is 0 Å². The van der Waals surface area contributed by atoms with Gasteiger partial charge in [0, 0.05) is 6.61 Å². The molecule has 11 nitrogen and oxygen atoms in total. The first-order valence-electron chi connectivity index (χ1n) is 8.05. The molecular formula is C14H26O11. The predicted molar refractivity (Wildman–Crippen MR) is 78.0 cm³/mol. The second-order valence-corrected chi connectivity index (χ2v) is 5.96. The minimum Gasteiger partial charge on any atom is -0.394 e. The Bertz CT molecular complexity index is 408. The van der Waals surface area contributed by atoms with Crippen LogP contribution < -0.4 is 0 Å². The van der Waals surface area contributed by atoms with Crippen LogP contribution in [-0.2, 0) is 18.9 Å². The normalized spacial score (nSPS) is 48.5. The molecule has 0 aromatic rings. The highest BCUT2D eigenvalue weighted by atomic mass is 16.7. The van der Waals surface area contributed by atoms with E-state index in [-0.39, 0.29) is 6.61 Å². The number of aliphatic hydroxyl groups is 7. The van der Waals surface area contributed by atoms with Gasteiger partial charge in [0.2, 0.25) is 0 Å². The van der Waals surface area contributed by atoms with Crippen LogP contribution in [0.1, 0.15) is 6.92 Å². The van der Waals surface area contributed by atoms with Gasteiger partial charge in [-0.05, 0) is 6.92 Å². The van der Waals surface area contributed by atoms with E-state index in [0.717, 1.165) is 0 Å². The number of ether oxygens (including phenoxy) is 4. The van der Waals surface area contributed by atoms with Crippen molar-refractivity contribution < 1.29 is 54.7 Å². The Kier molecular flexibility index (Phi) is 7.49. The van der Waals surface area contributed by atoms with Gasteiger partial charge in [-0.1, -0.05) is 0 Å². The Balaban J connectivity index is 2.14. The maximum Gasteiger partial charge on any atom is 0.187 e. The molecule has 2 aliphatic rings. The first-order valence-corrected chi connectivity index (χ1v) is 8.05. The van der Waals surface area contributed by atoms with Gasteiger partial charge < -0.3 is 54.7 Å². The van der Waals surface area contributed by atoms with E-state index in [1.807, 2.05) is 0 Å². The number of rotatable bonds is 6. The Labute approximate surface area is 143 Å². The fourth-order valence-corrected chi connectivity index (χ4v) is 2.85. The molecule has 0 spiro atoms. The number of aliphatic hydroxyl groups excluding tert-OH is 7. The largest absolute Gasteiger partial charge is 0.394 e. The second kappa shape index (κ2) is 8.97. The van der Waals surface area contributed by atoms with Crippen LogP contribution >= 0.6 is 0 Å². The molecular weight excluding hydrogens is 344 g/mol. The third kappa shape index (κ3) is 4.28. The molecule has 0 bridgehead atoms. The summed E-state index contributed by atoms with van der Waals surface area (Å²) in [5.74, 6) is 0. The van der Waals surface area contributed by atoms with E-state index < -0.39 is 74.6 Å². The van der Waals surface area contributed by atoms with Crippen LogP contribution in [-0.4, -0.2) is 117 Å². The van der Waals surface area contributed by atoms with Gasteiger partial charge in [-0.25, -0.2) is 0 Å². The summed E-state index contributed by atoms with van der Waals surface area (Å²) in [5.41, 5.74) is 0. The Morgan fingerprint density at radius 1 is 0.720 bits per heavy atom. The summed E-state index contributed by atoms with van der Waals surface area (Å²) in [4.78, 5) is 0. The van der Waals surface area contributed by atoms with Crippen molar-refractivity contribution >= 4 is 0 Å². The SMILES string of the molecule is CCO[C@H]1O[C@H](CO)[C@H](O)[C@H](O[C@@H]2O[C@H](CO)[C@H](O)[C@H](O)[C@H]2O)[C@H]1O. The van der Waals surface area contributed by atoms with Gasteiger partial charge in [0.1, 0.15) is 48.8 Å². The highest BCUT2D eigenvalue weighted by molar-refractivity contribution is 4.94. The smallest absolute Gasteiger partial charge is 0.187 e. The monoisotopic (exact) mass is 370 g/mol. The molecule has 0 aromatic carbocycles. The van der Waals surface area contributed by atoms with E-state index in [9.17, 15) is 35.7 Å². The molecule has 2 rings (SSSR count). The number of hydrogen-bond acceptors (Lipinski definition) is 11. The van der Waals surface area contributed by atoms with Crippen LogP contribution in [0.15, 0.2) is 0 Å². The topological polar surface area (TPSA) is 179 Å². The van der Waals surface area contributed by atoms with Crippen LogP contribution in [0.5, 0.6) is 0 Å². The lowest BCUT2D eigenvalue weighted by molar-refractivity contribution is -0.359. The summed E-state index contributed by atoms with van der Waals surface area (Å²) >= 11 is 0. The number of hydrogen-bond donors (Lipinski definition) is 7. The van der Waals surface area contributed by atoms with Crippen LogP contribution in [0, 0.1) is 0 Å². The van der Waals surface area contributed by atoms with E-state index in [1.165, 1.54) is 0 Å². The quantitative estimate of drug-likeness (QED) is 0.240. The lowest BCUT2D eigenvalue weighted by atomic mass is 9.97. The van der Waals surface area contributed by atoms with Crippen molar-refractivity contribution in [3.05, 3.63) is 0 Å². The van der Waals surface area contributed by atoms with E-state index in [4.69, 9.17) is 18.9 Å². The predicted octanol–water partition coefficient (Wildman–Crippen LogP) is -4.35. The average molecular weight is 370 g/mol.